The predicted octanol–water partition coefficient (Wildman–Crippen LogP) is 1.83. The number of nitrogens with one attached hydrogen (secondary N) is 1. The fourth-order valence-electron chi connectivity index (χ4n) is 3.58. The average molecular weight is 492 g/mol. The fraction of sp³-hybridized carbons (Fsp3) is 0.450. The van der Waals surface area contributed by atoms with Crippen molar-refractivity contribution in [1.29, 1.82) is 0 Å². The molecule has 1 aromatic carbocycles. The Bertz CT molecular complexity index is 1310. The van der Waals surface area contributed by atoms with E-state index < -0.39 is 10.0 Å². The average Bonchev–Trinajstić information content (AvgIpc) is 3.31. The Kier molecular flexibility index (Phi) is 5.70. The number of ether oxygens (including phenoxy) is 2. The highest BCUT2D eigenvalue weighted by Crippen LogP contribution is 2.44. The molecule has 0 spiro atoms. The Hall–Kier alpha value is -2.77. The van der Waals surface area contributed by atoms with E-state index in [-0.39, 0.29) is 24.4 Å². The Morgan fingerprint density at radius 3 is 2.73 bits per heavy atom. The number of nitrogens with two attached hydrogens (primary N) is 1. The van der Waals surface area contributed by atoms with Gasteiger partial charge in [-0.3, -0.25) is 0 Å². The minimum Gasteiger partial charge on any atom is -0.454 e. The van der Waals surface area contributed by atoms with Crippen LogP contribution >= 0.6 is 11.8 Å². The van der Waals surface area contributed by atoms with Crippen molar-refractivity contribution in [2.45, 2.75) is 41.9 Å². The van der Waals surface area contributed by atoms with E-state index in [0.29, 0.717) is 40.8 Å². The molecular formula is C20H25N7O4S2. The van der Waals surface area contributed by atoms with Crippen molar-refractivity contribution < 1.29 is 17.9 Å². The van der Waals surface area contributed by atoms with E-state index in [1.807, 2.05) is 35.7 Å². The number of fused-ring (bicyclic) bond motifs is 2. The standard InChI is InChI=1S/C20H25N7O4S2/c1-26(2)13-8-14-15(31-11-30-14)9-16(13)32-20-24-17-18(21)22-10-23-19(17)27(20)6-3-7-33(28,29)25-12-4-5-12/h8-10,12,25H,3-7,11H2,1-2H3,(H2,21,22,23). The summed E-state index contributed by atoms with van der Waals surface area (Å²) in [5.41, 5.74) is 8.06. The lowest BCUT2D eigenvalue weighted by atomic mass is 10.2. The number of imidazole rings is 1. The first kappa shape index (κ1) is 22.0. The van der Waals surface area contributed by atoms with Crippen molar-refractivity contribution in [1.82, 2.24) is 24.2 Å². The number of nitrogen functional groups attached to an aromatic ring is 1. The number of hydrogen-bond donors (Lipinski definition) is 2. The monoisotopic (exact) mass is 491 g/mol. The second-order valence-electron chi connectivity index (χ2n) is 8.21. The van der Waals surface area contributed by atoms with E-state index in [1.54, 1.807) is 0 Å². The summed E-state index contributed by atoms with van der Waals surface area (Å²) >= 11 is 1.43. The van der Waals surface area contributed by atoms with Gasteiger partial charge in [0.15, 0.2) is 33.6 Å². The van der Waals surface area contributed by atoms with Crippen LogP contribution < -0.4 is 24.8 Å². The first-order chi connectivity index (χ1) is 15.8. The molecule has 176 valence electrons. The second-order valence-corrected chi connectivity index (χ2v) is 11.1. The number of nitrogens with zero attached hydrogens (tertiary/aromatic N) is 5. The Morgan fingerprint density at radius 1 is 1.24 bits per heavy atom. The van der Waals surface area contributed by atoms with E-state index in [9.17, 15) is 8.42 Å². The maximum Gasteiger partial charge on any atom is 0.231 e. The van der Waals surface area contributed by atoms with E-state index >= 15 is 0 Å². The van der Waals surface area contributed by atoms with E-state index in [4.69, 9.17) is 20.2 Å². The molecule has 0 bridgehead atoms. The second kappa shape index (κ2) is 8.54. The van der Waals surface area contributed by atoms with Gasteiger partial charge in [-0.05, 0) is 31.0 Å². The molecule has 1 saturated carbocycles. The first-order valence-corrected chi connectivity index (χ1v) is 13.0. The van der Waals surface area contributed by atoms with E-state index in [0.717, 1.165) is 23.4 Å². The summed E-state index contributed by atoms with van der Waals surface area (Å²) in [4.78, 5) is 16.0. The van der Waals surface area contributed by atoms with Crippen LogP contribution in [-0.2, 0) is 16.6 Å². The minimum atomic E-state index is -3.31. The summed E-state index contributed by atoms with van der Waals surface area (Å²) in [6.07, 6.45) is 3.62. The number of hydrogen-bond acceptors (Lipinski definition) is 10. The number of benzene rings is 1. The zero-order valence-electron chi connectivity index (χ0n) is 18.3. The van der Waals surface area contributed by atoms with E-state index in [1.165, 1.54) is 18.1 Å². The molecule has 13 heteroatoms. The molecule has 1 aliphatic heterocycles. The normalized spacial score (nSPS) is 15.3. The zero-order valence-corrected chi connectivity index (χ0v) is 19.9. The van der Waals surface area contributed by atoms with Gasteiger partial charge in [0.25, 0.3) is 0 Å². The number of aromatic nitrogens is 4. The van der Waals surface area contributed by atoms with Crippen LogP contribution in [0.25, 0.3) is 11.2 Å². The van der Waals surface area contributed by atoms with Crippen LogP contribution in [0.5, 0.6) is 11.5 Å². The third-order valence-corrected chi connectivity index (χ3v) is 7.94. The summed E-state index contributed by atoms with van der Waals surface area (Å²) in [6, 6.07) is 3.95. The number of sulfonamides is 1. The van der Waals surface area contributed by atoms with Gasteiger partial charge in [0, 0.05) is 43.7 Å². The predicted molar refractivity (Wildman–Crippen MR) is 125 cm³/mol. The molecule has 0 amide bonds. The van der Waals surface area contributed by atoms with Gasteiger partial charge in [-0.25, -0.2) is 28.1 Å². The van der Waals surface area contributed by atoms with Crippen LogP contribution in [0, 0.1) is 0 Å². The van der Waals surface area contributed by atoms with Gasteiger partial charge in [0.1, 0.15) is 6.33 Å². The third kappa shape index (κ3) is 4.66. The molecule has 1 aliphatic carbocycles. The molecule has 2 aromatic heterocycles. The Labute approximate surface area is 195 Å². The smallest absolute Gasteiger partial charge is 0.231 e. The maximum atomic E-state index is 12.3. The fourth-order valence-corrected chi connectivity index (χ4v) is 6.09. The molecule has 33 heavy (non-hydrogen) atoms. The van der Waals surface area contributed by atoms with E-state index in [2.05, 4.69) is 14.7 Å². The zero-order chi connectivity index (χ0) is 23.2. The summed E-state index contributed by atoms with van der Waals surface area (Å²) in [6.45, 7) is 0.604. The quantitative estimate of drug-likeness (QED) is 0.456. The molecule has 11 nitrogen and oxygen atoms in total. The van der Waals surface area contributed by atoms with Gasteiger partial charge in [0.05, 0.1) is 11.4 Å². The van der Waals surface area contributed by atoms with Gasteiger partial charge in [0.2, 0.25) is 16.8 Å². The highest BCUT2D eigenvalue weighted by molar-refractivity contribution is 7.99. The number of aryl methyl sites for hydroxylation is 1. The van der Waals surface area contributed by atoms with Crippen molar-refractivity contribution in [2.75, 3.05) is 37.3 Å². The molecule has 0 atom stereocenters. The van der Waals surface area contributed by atoms with Crippen molar-refractivity contribution in [3.8, 4) is 11.5 Å². The molecule has 1 fully saturated rings. The summed E-state index contributed by atoms with van der Waals surface area (Å²) in [7, 11) is 0.586. The molecule has 0 saturated heterocycles. The molecule has 3 heterocycles. The highest BCUT2D eigenvalue weighted by atomic mass is 32.2. The van der Waals surface area contributed by atoms with Crippen LogP contribution in [0.2, 0.25) is 0 Å². The first-order valence-electron chi connectivity index (χ1n) is 10.6. The lowest BCUT2D eigenvalue weighted by Crippen LogP contribution is -2.28. The Morgan fingerprint density at radius 2 is 2.00 bits per heavy atom. The third-order valence-electron chi connectivity index (χ3n) is 5.38. The van der Waals surface area contributed by atoms with Gasteiger partial charge in [-0.2, -0.15) is 0 Å². The van der Waals surface area contributed by atoms with Gasteiger partial charge < -0.3 is 24.7 Å². The molecule has 2 aliphatic rings. The molecule has 0 radical (unpaired) electrons. The highest BCUT2D eigenvalue weighted by Gasteiger charge is 2.27. The largest absolute Gasteiger partial charge is 0.454 e. The van der Waals surface area contributed by atoms with Crippen LogP contribution in [0.15, 0.2) is 28.5 Å². The van der Waals surface area contributed by atoms with Crippen molar-refractivity contribution in [3.05, 3.63) is 18.5 Å². The molecule has 3 aromatic rings. The Balaban J connectivity index is 1.46. The molecule has 5 rings (SSSR count). The van der Waals surface area contributed by atoms with Crippen LogP contribution in [0.4, 0.5) is 11.5 Å². The minimum absolute atomic E-state index is 0.0286. The van der Waals surface area contributed by atoms with Crippen LogP contribution in [0.3, 0.4) is 0 Å². The number of rotatable bonds is 9. The van der Waals surface area contributed by atoms with Crippen molar-refractivity contribution in [3.63, 3.8) is 0 Å². The SMILES string of the molecule is CN(C)c1cc2c(cc1Sc1nc3c(N)ncnc3n1CCCS(=O)(=O)NC1CC1)OCO2. The van der Waals surface area contributed by atoms with Gasteiger partial charge in [-0.1, -0.05) is 0 Å². The van der Waals surface area contributed by atoms with Gasteiger partial charge >= 0.3 is 0 Å². The summed E-state index contributed by atoms with van der Waals surface area (Å²) in [5.74, 6) is 1.67. The molecule has 3 N–H and O–H groups in total. The lowest BCUT2D eigenvalue weighted by molar-refractivity contribution is 0.174. The lowest BCUT2D eigenvalue weighted by Gasteiger charge is -2.18. The maximum absolute atomic E-state index is 12.3. The summed E-state index contributed by atoms with van der Waals surface area (Å²) in [5, 5.41) is 0.645. The number of anilines is 2. The van der Waals surface area contributed by atoms with Gasteiger partial charge in [-0.15, -0.1) is 0 Å². The van der Waals surface area contributed by atoms with Crippen LogP contribution in [-0.4, -0.2) is 60.6 Å². The van der Waals surface area contributed by atoms with Crippen molar-refractivity contribution in [2.24, 2.45) is 0 Å². The molecular weight excluding hydrogens is 466 g/mol. The summed E-state index contributed by atoms with van der Waals surface area (Å²) < 4.78 is 40.3. The topological polar surface area (TPSA) is 137 Å². The molecule has 0 unspecified atom stereocenters. The van der Waals surface area contributed by atoms with Crippen LogP contribution in [0.1, 0.15) is 19.3 Å². The van der Waals surface area contributed by atoms with Crippen molar-refractivity contribution >= 4 is 44.5 Å².